The summed E-state index contributed by atoms with van der Waals surface area (Å²) in [5, 5.41) is 13.9. The van der Waals surface area contributed by atoms with Crippen LogP contribution in [0.1, 0.15) is 33.9 Å². The Kier molecular flexibility index (Phi) is 7.85. The Hall–Kier alpha value is -3.20. The maximum Gasteiger partial charge on any atom is 0.337 e. The number of ether oxygens (including phenoxy) is 2. The van der Waals surface area contributed by atoms with Gasteiger partial charge in [-0.05, 0) is 35.4 Å². The first kappa shape index (κ1) is 24.9. The second-order valence-corrected chi connectivity index (χ2v) is 9.00. The standard InChI is InChI=1S/C26H27ClN2O6/c1-34-26(33)19-5-3-17(4-6-19)22-21(23(30)18-7-9-20(27)10-8-18)24(31)25(32)29(22)12-2-11-28-13-15-35-16-14-28/h3-10,22,30H,2,11-16H2,1H3. The van der Waals surface area contributed by atoms with E-state index in [1.165, 1.54) is 29.0 Å². The van der Waals surface area contributed by atoms with Gasteiger partial charge in [-0.15, -0.1) is 0 Å². The highest BCUT2D eigenvalue weighted by atomic mass is 35.5. The number of methoxy groups -OCH3 is 1. The van der Waals surface area contributed by atoms with Crippen LogP contribution in [-0.2, 0) is 19.1 Å². The van der Waals surface area contributed by atoms with Crippen LogP contribution in [0.3, 0.4) is 0 Å². The molecule has 0 bridgehead atoms. The summed E-state index contributed by atoms with van der Waals surface area (Å²) in [5.74, 6) is -2.50. The Morgan fingerprint density at radius 2 is 1.71 bits per heavy atom. The largest absolute Gasteiger partial charge is 0.872 e. The smallest absolute Gasteiger partial charge is 0.337 e. The summed E-state index contributed by atoms with van der Waals surface area (Å²) in [6.07, 6.45) is 0.674. The molecule has 1 amide bonds. The molecule has 0 spiro atoms. The van der Waals surface area contributed by atoms with Crippen molar-refractivity contribution in [3.63, 3.8) is 0 Å². The van der Waals surface area contributed by atoms with Gasteiger partial charge < -0.3 is 24.4 Å². The van der Waals surface area contributed by atoms with Crippen LogP contribution in [0.5, 0.6) is 0 Å². The Bertz CT molecular complexity index is 1120. The SMILES string of the molecule is COC(=O)c1ccc(C2C(=C([O-])c3ccc(Cl)cc3)C(=O)C(=O)N2CCC[NH+]2CCOCC2)cc1. The van der Waals surface area contributed by atoms with Crippen LogP contribution in [0.25, 0.3) is 5.76 Å². The van der Waals surface area contributed by atoms with E-state index < -0.39 is 29.5 Å². The molecule has 184 valence electrons. The Labute approximate surface area is 208 Å². The van der Waals surface area contributed by atoms with E-state index in [4.69, 9.17) is 21.1 Å². The maximum absolute atomic E-state index is 13.4. The van der Waals surface area contributed by atoms with Gasteiger partial charge >= 0.3 is 5.97 Å². The fraction of sp³-hybridized carbons (Fsp3) is 0.346. The van der Waals surface area contributed by atoms with Gasteiger partial charge in [0.25, 0.3) is 5.91 Å². The molecule has 1 unspecified atom stereocenters. The monoisotopic (exact) mass is 498 g/mol. The lowest BCUT2D eigenvalue weighted by atomic mass is 9.94. The first-order chi connectivity index (χ1) is 16.9. The molecule has 2 heterocycles. The Morgan fingerprint density at radius 1 is 1.09 bits per heavy atom. The lowest BCUT2D eigenvalue weighted by molar-refractivity contribution is -0.908. The van der Waals surface area contributed by atoms with E-state index >= 15 is 0 Å². The molecule has 2 aromatic rings. The molecule has 4 rings (SSSR count). The van der Waals surface area contributed by atoms with Crippen molar-refractivity contribution < 1.29 is 33.9 Å². The molecular formula is C26H27ClN2O6. The van der Waals surface area contributed by atoms with Gasteiger partial charge in [0.05, 0.1) is 38.5 Å². The number of carbonyl (C=O) groups is 3. The number of morpholine rings is 1. The first-order valence-electron chi connectivity index (χ1n) is 11.5. The van der Waals surface area contributed by atoms with Crippen molar-refractivity contribution in [2.75, 3.05) is 46.5 Å². The number of amides is 1. The Balaban J connectivity index is 1.68. The van der Waals surface area contributed by atoms with Gasteiger partial charge in [0, 0.05) is 23.6 Å². The molecule has 2 aliphatic heterocycles. The minimum atomic E-state index is -0.843. The van der Waals surface area contributed by atoms with Crippen LogP contribution in [0.15, 0.2) is 54.1 Å². The van der Waals surface area contributed by atoms with Gasteiger partial charge in [-0.25, -0.2) is 4.79 Å². The minimum absolute atomic E-state index is 0.0955. The van der Waals surface area contributed by atoms with E-state index in [9.17, 15) is 19.5 Å². The van der Waals surface area contributed by atoms with Gasteiger partial charge in [-0.3, -0.25) is 9.59 Å². The second kappa shape index (κ2) is 11.0. The molecule has 2 aromatic carbocycles. The summed E-state index contributed by atoms with van der Waals surface area (Å²) in [7, 11) is 1.29. The van der Waals surface area contributed by atoms with E-state index in [0.29, 0.717) is 42.3 Å². The number of nitrogens with one attached hydrogen (secondary N) is 1. The van der Waals surface area contributed by atoms with E-state index in [-0.39, 0.29) is 11.1 Å². The topological polar surface area (TPSA) is 100 Å². The molecule has 1 atom stereocenters. The van der Waals surface area contributed by atoms with Crippen molar-refractivity contribution in [2.45, 2.75) is 12.5 Å². The van der Waals surface area contributed by atoms with Gasteiger partial charge in [-0.1, -0.05) is 41.6 Å². The summed E-state index contributed by atoms with van der Waals surface area (Å²) in [6.45, 7) is 4.37. The van der Waals surface area contributed by atoms with E-state index in [0.717, 1.165) is 19.6 Å². The number of quaternary nitrogens is 1. The molecule has 0 aromatic heterocycles. The summed E-state index contributed by atoms with van der Waals surface area (Å²) in [5.41, 5.74) is 1.09. The fourth-order valence-corrected chi connectivity index (χ4v) is 4.66. The maximum atomic E-state index is 13.4. The van der Waals surface area contributed by atoms with Crippen LogP contribution in [0.2, 0.25) is 5.02 Å². The third-order valence-electron chi connectivity index (χ3n) is 6.41. The van der Waals surface area contributed by atoms with Crippen molar-refractivity contribution in [3.05, 3.63) is 75.8 Å². The number of hydrogen-bond acceptors (Lipinski definition) is 6. The minimum Gasteiger partial charge on any atom is -0.872 e. The number of esters is 1. The predicted octanol–water partition coefficient (Wildman–Crippen LogP) is 0.656. The fourth-order valence-electron chi connectivity index (χ4n) is 4.53. The number of nitrogens with zero attached hydrogens (tertiary/aromatic N) is 1. The zero-order valence-electron chi connectivity index (χ0n) is 19.4. The predicted molar refractivity (Wildman–Crippen MR) is 127 cm³/mol. The number of carbonyl (C=O) groups excluding carboxylic acids is 3. The number of rotatable bonds is 7. The third-order valence-corrected chi connectivity index (χ3v) is 6.66. The van der Waals surface area contributed by atoms with Crippen molar-refractivity contribution in [1.29, 1.82) is 0 Å². The quantitative estimate of drug-likeness (QED) is 0.260. The number of Topliss-reactive ketones (excluding diaryl/α,β-unsaturated/α-hetero) is 1. The molecule has 2 aliphatic rings. The zero-order valence-corrected chi connectivity index (χ0v) is 20.2. The molecule has 9 heteroatoms. The number of hydrogen-bond donors (Lipinski definition) is 1. The summed E-state index contributed by atoms with van der Waals surface area (Å²) in [4.78, 5) is 40.9. The molecule has 2 fully saturated rings. The van der Waals surface area contributed by atoms with E-state index in [1.54, 1.807) is 36.4 Å². The summed E-state index contributed by atoms with van der Waals surface area (Å²) in [6, 6.07) is 11.8. The van der Waals surface area contributed by atoms with Crippen molar-refractivity contribution in [1.82, 2.24) is 4.90 Å². The molecule has 1 N–H and O–H groups in total. The number of halogens is 1. The lowest BCUT2D eigenvalue weighted by Gasteiger charge is -2.29. The average molecular weight is 499 g/mol. The normalized spacial score (nSPS) is 20.3. The molecule has 8 nitrogen and oxygen atoms in total. The lowest BCUT2D eigenvalue weighted by Crippen LogP contribution is -3.14. The van der Waals surface area contributed by atoms with Gasteiger partial charge in [0.2, 0.25) is 5.78 Å². The van der Waals surface area contributed by atoms with Crippen LogP contribution in [0, 0.1) is 0 Å². The van der Waals surface area contributed by atoms with E-state index in [1.807, 2.05) is 0 Å². The highest BCUT2D eigenvalue weighted by Gasteiger charge is 2.44. The average Bonchev–Trinajstić information content (AvgIpc) is 3.14. The molecule has 0 aliphatic carbocycles. The third kappa shape index (κ3) is 5.40. The van der Waals surface area contributed by atoms with Crippen LogP contribution >= 0.6 is 11.6 Å². The Morgan fingerprint density at radius 3 is 2.34 bits per heavy atom. The summed E-state index contributed by atoms with van der Waals surface area (Å²) >= 11 is 5.95. The van der Waals surface area contributed by atoms with Gasteiger partial charge in [-0.2, -0.15) is 0 Å². The number of benzene rings is 2. The number of likely N-dealkylation sites (tertiary alicyclic amines) is 1. The van der Waals surface area contributed by atoms with Gasteiger partial charge in [0.1, 0.15) is 13.1 Å². The van der Waals surface area contributed by atoms with Crippen LogP contribution in [0.4, 0.5) is 0 Å². The van der Waals surface area contributed by atoms with Crippen molar-refractivity contribution in [3.8, 4) is 0 Å². The molecular weight excluding hydrogens is 472 g/mol. The first-order valence-corrected chi connectivity index (χ1v) is 11.9. The van der Waals surface area contributed by atoms with Gasteiger partial charge in [0.15, 0.2) is 0 Å². The highest BCUT2D eigenvalue weighted by Crippen LogP contribution is 2.38. The van der Waals surface area contributed by atoms with Crippen molar-refractivity contribution in [2.24, 2.45) is 0 Å². The van der Waals surface area contributed by atoms with Crippen LogP contribution < -0.4 is 10.0 Å². The second-order valence-electron chi connectivity index (χ2n) is 8.56. The zero-order chi connectivity index (χ0) is 24.9. The van der Waals surface area contributed by atoms with E-state index in [2.05, 4.69) is 0 Å². The molecule has 35 heavy (non-hydrogen) atoms. The molecule has 2 saturated heterocycles. The summed E-state index contributed by atoms with van der Waals surface area (Å²) < 4.78 is 10.2. The van der Waals surface area contributed by atoms with Crippen molar-refractivity contribution >= 4 is 35.0 Å². The molecule has 0 radical (unpaired) electrons. The number of ketones is 1. The molecule has 0 saturated carbocycles. The van der Waals surface area contributed by atoms with Crippen LogP contribution in [-0.4, -0.2) is 69.1 Å². The highest BCUT2D eigenvalue weighted by molar-refractivity contribution is 6.46.